The molecule has 4 rings (SSSR count). The van der Waals surface area contributed by atoms with Gasteiger partial charge in [-0.1, -0.05) is 13.8 Å². The van der Waals surface area contributed by atoms with Crippen LogP contribution in [0.4, 0.5) is 37.7 Å². The zero-order chi connectivity index (χ0) is 29.3. The van der Waals surface area contributed by atoms with Crippen LogP contribution in [0.15, 0.2) is 65.7 Å². The molecule has 0 saturated heterocycles. The second-order valence-corrected chi connectivity index (χ2v) is 11.1. The monoisotopic (exact) mass is 584 g/mol. The van der Waals surface area contributed by atoms with E-state index in [2.05, 4.69) is 20.3 Å². The Bertz CT molecular complexity index is 1620. The molecule has 0 bridgehead atoms. The lowest BCUT2D eigenvalue weighted by Gasteiger charge is -2.15. The molecule has 1 aromatic carbocycles. The van der Waals surface area contributed by atoms with Crippen molar-refractivity contribution < 1.29 is 39.5 Å². The van der Waals surface area contributed by atoms with Crippen molar-refractivity contribution in [2.75, 3.05) is 11.9 Å². The molecule has 212 valence electrons. The van der Waals surface area contributed by atoms with Gasteiger partial charge in [-0.15, -0.1) is 0 Å². The summed E-state index contributed by atoms with van der Waals surface area (Å²) < 4.78 is 108. The normalized spacial score (nSPS) is 12.7. The van der Waals surface area contributed by atoms with Crippen LogP contribution < -0.4 is 5.32 Å². The number of anilines is 2. The molecule has 3 heterocycles. The van der Waals surface area contributed by atoms with E-state index in [1.807, 2.05) is 13.8 Å². The molecule has 0 atom stereocenters. The van der Waals surface area contributed by atoms with E-state index in [1.54, 1.807) is 6.07 Å². The number of halogens is 6. The van der Waals surface area contributed by atoms with E-state index in [1.165, 1.54) is 24.4 Å². The van der Waals surface area contributed by atoms with Gasteiger partial charge >= 0.3 is 11.7 Å². The molecule has 0 fully saturated rings. The molecule has 0 unspecified atom stereocenters. The summed E-state index contributed by atoms with van der Waals surface area (Å²) in [6, 6.07) is 10.5. The fraction of sp³-hybridized carbons (Fsp3) is 0.269. The van der Waals surface area contributed by atoms with E-state index in [9.17, 15) is 34.8 Å². The van der Waals surface area contributed by atoms with Crippen LogP contribution in [0, 0.1) is 5.92 Å². The van der Waals surface area contributed by atoms with Crippen molar-refractivity contribution in [3.63, 3.8) is 0 Å². The number of benzene rings is 1. The Morgan fingerprint density at radius 1 is 0.950 bits per heavy atom. The number of hydrogen-bond donors (Lipinski definition) is 1. The molecule has 4 aromatic rings. The molecule has 1 N–H and O–H groups in total. The summed E-state index contributed by atoms with van der Waals surface area (Å²) in [5.41, 5.74) is -5.79. The SMILES string of the molecule is CC(C)COCc1cc(Nc2ccc(S(=O)(=O)C(F)(F)F)cc2)c2ccc(-c3ncccc3C(F)(F)F)nc2n1. The van der Waals surface area contributed by atoms with Crippen LogP contribution in [0.2, 0.25) is 0 Å². The highest BCUT2D eigenvalue weighted by Crippen LogP contribution is 2.36. The van der Waals surface area contributed by atoms with Crippen molar-refractivity contribution in [2.24, 2.45) is 5.92 Å². The average molecular weight is 585 g/mol. The van der Waals surface area contributed by atoms with E-state index < -0.39 is 32.0 Å². The Morgan fingerprint density at radius 3 is 2.27 bits per heavy atom. The predicted octanol–water partition coefficient (Wildman–Crippen LogP) is 6.92. The van der Waals surface area contributed by atoms with Crippen LogP contribution in [-0.2, 0) is 27.4 Å². The third-order valence-corrected chi connectivity index (χ3v) is 7.03. The molecule has 0 amide bonds. The maximum Gasteiger partial charge on any atom is 0.501 e. The Balaban J connectivity index is 1.76. The molecule has 14 heteroatoms. The van der Waals surface area contributed by atoms with Crippen LogP contribution in [0.3, 0.4) is 0 Å². The highest BCUT2D eigenvalue weighted by molar-refractivity contribution is 7.92. The molecular weight excluding hydrogens is 562 g/mol. The van der Waals surface area contributed by atoms with Crippen molar-refractivity contribution in [1.29, 1.82) is 0 Å². The van der Waals surface area contributed by atoms with Gasteiger partial charge in [-0.2, -0.15) is 26.3 Å². The summed E-state index contributed by atoms with van der Waals surface area (Å²) >= 11 is 0. The summed E-state index contributed by atoms with van der Waals surface area (Å²) in [5.74, 6) is 0.221. The lowest BCUT2D eigenvalue weighted by molar-refractivity contribution is -0.137. The summed E-state index contributed by atoms with van der Waals surface area (Å²) in [6.45, 7) is 4.35. The van der Waals surface area contributed by atoms with Crippen LogP contribution in [0.1, 0.15) is 25.1 Å². The number of nitrogens with zero attached hydrogens (tertiary/aromatic N) is 3. The lowest BCUT2D eigenvalue weighted by Crippen LogP contribution is -2.23. The summed E-state index contributed by atoms with van der Waals surface area (Å²) in [6.07, 6.45) is -3.45. The highest BCUT2D eigenvalue weighted by Gasteiger charge is 2.46. The van der Waals surface area contributed by atoms with Gasteiger partial charge in [0.15, 0.2) is 5.65 Å². The number of aromatic nitrogens is 3. The average Bonchev–Trinajstić information content (AvgIpc) is 2.87. The molecule has 0 aliphatic heterocycles. The van der Waals surface area contributed by atoms with E-state index in [-0.39, 0.29) is 35.2 Å². The minimum Gasteiger partial charge on any atom is -0.375 e. The smallest absolute Gasteiger partial charge is 0.375 e. The fourth-order valence-electron chi connectivity index (χ4n) is 3.71. The van der Waals surface area contributed by atoms with Crippen LogP contribution in [0.5, 0.6) is 0 Å². The first-order valence-electron chi connectivity index (χ1n) is 11.8. The topological polar surface area (TPSA) is 94.1 Å². The highest BCUT2D eigenvalue weighted by atomic mass is 32.2. The van der Waals surface area contributed by atoms with Crippen molar-refractivity contribution >= 4 is 32.2 Å². The van der Waals surface area contributed by atoms with Crippen LogP contribution >= 0.6 is 0 Å². The first-order valence-corrected chi connectivity index (χ1v) is 13.2. The molecule has 0 saturated carbocycles. The molecule has 3 aromatic heterocycles. The van der Waals surface area contributed by atoms with Gasteiger partial charge in [-0.3, -0.25) is 4.98 Å². The largest absolute Gasteiger partial charge is 0.501 e. The van der Waals surface area contributed by atoms with Crippen molar-refractivity contribution in [1.82, 2.24) is 15.0 Å². The van der Waals surface area contributed by atoms with E-state index in [0.29, 0.717) is 23.4 Å². The maximum absolute atomic E-state index is 13.6. The molecule has 0 aliphatic rings. The summed E-state index contributed by atoms with van der Waals surface area (Å²) in [7, 11) is -5.52. The standard InChI is InChI=1S/C26H22F6N4O3S/c1-15(2)13-39-14-17-12-22(34-16-5-7-18(8-6-16)40(37,38)26(30,31)32)19-9-10-21(36-24(19)35-17)23-20(25(27,28)29)4-3-11-33-23/h3-12,15H,13-14H2,1-2H3,(H,34,35,36). The Morgan fingerprint density at radius 2 is 1.65 bits per heavy atom. The van der Waals surface area contributed by atoms with Crippen LogP contribution in [-0.4, -0.2) is 35.5 Å². The molecule has 0 spiro atoms. The predicted molar refractivity (Wildman–Crippen MR) is 135 cm³/mol. The Hall–Kier alpha value is -3.78. The number of sulfone groups is 1. The van der Waals surface area contributed by atoms with Gasteiger partial charge in [0.05, 0.1) is 34.1 Å². The maximum atomic E-state index is 13.6. The minimum absolute atomic E-state index is 0.0505. The minimum atomic E-state index is -5.52. The van der Waals surface area contributed by atoms with Gasteiger partial charge in [0, 0.05) is 23.9 Å². The number of fused-ring (bicyclic) bond motifs is 1. The fourth-order valence-corrected chi connectivity index (χ4v) is 4.47. The number of alkyl halides is 6. The van der Waals surface area contributed by atoms with Crippen molar-refractivity contribution in [3.8, 4) is 11.4 Å². The number of nitrogens with one attached hydrogen (secondary N) is 1. The molecule has 0 aliphatic carbocycles. The number of rotatable bonds is 8. The van der Waals surface area contributed by atoms with Gasteiger partial charge in [-0.25, -0.2) is 18.4 Å². The number of hydrogen-bond acceptors (Lipinski definition) is 7. The van der Waals surface area contributed by atoms with Gasteiger partial charge in [0.2, 0.25) is 0 Å². The Kier molecular flexibility index (Phi) is 8.04. The number of ether oxygens (including phenoxy) is 1. The van der Waals surface area contributed by atoms with Crippen LogP contribution in [0.25, 0.3) is 22.4 Å². The van der Waals surface area contributed by atoms with E-state index >= 15 is 0 Å². The molecular formula is C26H22F6N4O3S. The zero-order valence-corrected chi connectivity index (χ0v) is 21.8. The third kappa shape index (κ3) is 6.33. The first kappa shape index (κ1) is 29.2. The quantitative estimate of drug-likeness (QED) is 0.225. The molecule has 40 heavy (non-hydrogen) atoms. The zero-order valence-electron chi connectivity index (χ0n) is 21.0. The Labute approximate surface area is 225 Å². The van der Waals surface area contributed by atoms with E-state index in [4.69, 9.17) is 4.74 Å². The first-order chi connectivity index (χ1) is 18.7. The van der Waals surface area contributed by atoms with E-state index in [0.717, 1.165) is 30.3 Å². The molecule has 0 radical (unpaired) electrons. The summed E-state index contributed by atoms with van der Waals surface area (Å²) in [5, 5.41) is 3.37. The van der Waals surface area contributed by atoms with Crippen molar-refractivity contribution in [3.05, 3.63) is 72.1 Å². The lowest BCUT2D eigenvalue weighted by atomic mass is 10.1. The molecule has 7 nitrogen and oxygen atoms in total. The number of pyridine rings is 3. The van der Waals surface area contributed by atoms with Gasteiger partial charge in [-0.05, 0) is 60.5 Å². The summed E-state index contributed by atoms with van der Waals surface area (Å²) in [4.78, 5) is 11.7. The second-order valence-electron chi connectivity index (χ2n) is 9.13. The third-order valence-electron chi connectivity index (χ3n) is 5.53. The van der Waals surface area contributed by atoms with Gasteiger partial charge in [0.1, 0.15) is 5.69 Å². The van der Waals surface area contributed by atoms with Gasteiger partial charge in [0.25, 0.3) is 9.84 Å². The second kappa shape index (κ2) is 11.0. The van der Waals surface area contributed by atoms with Gasteiger partial charge < -0.3 is 10.1 Å². The van der Waals surface area contributed by atoms with Crippen molar-refractivity contribution in [2.45, 2.75) is 37.0 Å².